The molecule has 1 aliphatic carbocycles. The molecule has 0 saturated heterocycles. The summed E-state index contributed by atoms with van der Waals surface area (Å²) >= 11 is 13.0. The quantitative estimate of drug-likeness (QED) is 0.206. The zero-order valence-corrected chi connectivity index (χ0v) is 21.5. The van der Waals surface area contributed by atoms with Gasteiger partial charge in [-0.05, 0) is 42.7 Å². The van der Waals surface area contributed by atoms with Gasteiger partial charge in [0.05, 0.1) is 52.0 Å². The van der Waals surface area contributed by atoms with E-state index in [4.69, 9.17) is 23.2 Å². The topological polar surface area (TPSA) is 104 Å². The summed E-state index contributed by atoms with van der Waals surface area (Å²) in [5.74, 6) is -2.35. The molecule has 1 unspecified atom stereocenters. The Bertz CT molecular complexity index is 1760. The molecule has 39 heavy (non-hydrogen) atoms. The third-order valence-electron chi connectivity index (χ3n) is 6.35. The van der Waals surface area contributed by atoms with Crippen molar-refractivity contribution in [3.63, 3.8) is 0 Å². The van der Waals surface area contributed by atoms with E-state index >= 15 is 0 Å². The highest BCUT2D eigenvalue weighted by Gasteiger charge is 2.27. The standard InChI is InChI=1S/C27H18Cl2F2N8/c28-16-3-1-2-14(6-16)25(23-13-39(38-37-23)19-4-5-19)35-17-7-20-24(36-18-9-22(30)27(31)34-12-18)15(10-32)11-33-26(20)21(29)8-17/h1-3,6-9,11-13,19,25,35H,4-5H2,(H,33,36). The Balaban J connectivity index is 1.44. The lowest BCUT2D eigenvalue weighted by molar-refractivity contribution is 0.480. The third kappa shape index (κ3) is 5.06. The fourth-order valence-corrected chi connectivity index (χ4v) is 4.78. The average molecular weight is 563 g/mol. The lowest BCUT2D eigenvalue weighted by Gasteiger charge is -2.20. The van der Waals surface area contributed by atoms with Gasteiger partial charge in [0.1, 0.15) is 11.8 Å². The molecule has 1 aliphatic rings. The van der Waals surface area contributed by atoms with Crippen molar-refractivity contribution in [3.8, 4) is 6.07 Å². The number of nitriles is 1. The van der Waals surface area contributed by atoms with E-state index in [9.17, 15) is 14.0 Å². The lowest BCUT2D eigenvalue weighted by atomic mass is 10.0. The summed E-state index contributed by atoms with van der Waals surface area (Å²) in [5, 5.41) is 26.3. The predicted molar refractivity (Wildman–Crippen MR) is 144 cm³/mol. The molecule has 0 aliphatic heterocycles. The molecule has 3 aromatic heterocycles. The summed E-state index contributed by atoms with van der Waals surface area (Å²) < 4.78 is 29.1. The second-order valence-corrected chi connectivity index (χ2v) is 9.97. The minimum Gasteiger partial charge on any atom is -0.373 e. The molecular weight excluding hydrogens is 545 g/mol. The van der Waals surface area contributed by atoms with E-state index < -0.39 is 17.8 Å². The van der Waals surface area contributed by atoms with Gasteiger partial charge in [-0.3, -0.25) is 4.98 Å². The van der Waals surface area contributed by atoms with Gasteiger partial charge in [0, 0.05) is 28.4 Å². The first-order chi connectivity index (χ1) is 18.9. The molecule has 5 aromatic rings. The maximum atomic E-state index is 13.8. The van der Waals surface area contributed by atoms with Crippen LogP contribution in [0.2, 0.25) is 10.0 Å². The second kappa shape index (κ2) is 10.1. The SMILES string of the molecule is N#Cc1cnc2c(Cl)cc(NC(c3cccc(Cl)c3)c3cn(C4CC4)nn3)cc2c1Nc1cnc(F)c(F)c1. The highest BCUT2D eigenvalue weighted by atomic mass is 35.5. The minimum atomic E-state index is -1.22. The monoisotopic (exact) mass is 562 g/mol. The van der Waals surface area contributed by atoms with Crippen LogP contribution in [0.25, 0.3) is 10.9 Å². The number of halogens is 4. The van der Waals surface area contributed by atoms with Crippen LogP contribution < -0.4 is 10.6 Å². The average Bonchev–Trinajstić information content (AvgIpc) is 3.66. The fourth-order valence-electron chi connectivity index (χ4n) is 4.32. The number of hydrogen-bond acceptors (Lipinski definition) is 7. The molecule has 0 spiro atoms. The number of nitrogens with one attached hydrogen (secondary N) is 2. The molecule has 1 fully saturated rings. The molecule has 194 valence electrons. The molecule has 12 heteroatoms. The minimum absolute atomic E-state index is 0.154. The zero-order chi connectivity index (χ0) is 27.1. The van der Waals surface area contributed by atoms with Crippen LogP contribution in [0, 0.1) is 23.1 Å². The van der Waals surface area contributed by atoms with Crippen LogP contribution in [0.1, 0.15) is 41.7 Å². The van der Waals surface area contributed by atoms with E-state index in [1.165, 1.54) is 6.20 Å². The van der Waals surface area contributed by atoms with Crippen molar-refractivity contribution >= 4 is 51.2 Å². The van der Waals surface area contributed by atoms with Crippen LogP contribution in [0.15, 0.2) is 61.1 Å². The van der Waals surface area contributed by atoms with Crippen molar-refractivity contribution in [2.24, 2.45) is 0 Å². The van der Waals surface area contributed by atoms with Gasteiger partial charge >= 0.3 is 0 Å². The van der Waals surface area contributed by atoms with E-state index in [2.05, 4.69) is 37.0 Å². The molecule has 2 aromatic carbocycles. The Morgan fingerprint density at radius 2 is 1.90 bits per heavy atom. The Morgan fingerprint density at radius 1 is 1.05 bits per heavy atom. The van der Waals surface area contributed by atoms with Gasteiger partial charge in [0.15, 0.2) is 5.82 Å². The van der Waals surface area contributed by atoms with Crippen LogP contribution in [-0.2, 0) is 0 Å². The van der Waals surface area contributed by atoms with Crippen molar-refractivity contribution in [3.05, 3.63) is 99.7 Å². The highest BCUT2D eigenvalue weighted by Crippen LogP contribution is 2.38. The Hall–Kier alpha value is -4.33. The summed E-state index contributed by atoms with van der Waals surface area (Å²) in [5.41, 5.74) is 3.21. The van der Waals surface area contributed by atoms with Crippen molar-refractivity contribution in [2.45, 2.75) is 24.9 Å². The Labute approximate surface area is 231 Å². The summed E-state index contributed by atoms with van der Waals surface area (Å²) in [6, 6.07) is 13.9. The molecule has 0 radical (unpaired) electrons. The Kier molecular flexibility index (Phi) is 6.46. The van der Waals surface area contributed by atoms with Gasteiger partial charge in [0.2, 0.25) is 5.95 Å². The van der Waals surface area contributed by atoms with E-state index in [1.54, 1.807) is 18.2 Å². The van der Waals surface area contributed by atoms with E-state index in [-0.39, 0.29) is 11.3 Å². The van der Waals surface area contributed by atoms with Gasteiger partial charge in [-0.25, -0.2) is 14.1 Å². The highest BCUT2D eigenvalue weighted by molar-refractivity contribution is 6.36. The van der Waals surface area contributed by atoms with Gasteiger partial charge < -0.3 is 10.6 Å². The molecule has 3 heterocycles. The largest absolute Gasteiger partial charge is 0.373 e. The van der Waals surface area contributed by atoms with Crippen LogP contribution >= 0.6 is 23.2 Å². The molecule has 1 saturated carbocycles. The normalized spacial score (nSPS) is 13.7. The van der Waals surface area contributed by atoms with Crippen LogP contribution in [0.5, 0.6) is 0 Å². The maximum absolute atomic E-state index is 13.8. The van der Waals surface area contributed by atoms with E-state index in [0.717, 1.165) is 30.7 Å². The molecule has 0 bridgehead atoms. The van der Waals surface area contributed by atoms with E-state index in [1.807, 2.05) is 29.1 Å². The zero-order valence-electron chi connectivity index (χ0n) is 20.0. The summed E-state index contributed by atoms with van der Waals surface area (Å²) in [6.45, 7) is 0. The van der Waals surface area contributed by atoms with Crippen LogP contribution in [-0.4, -0.2) is 25.0 Å². The van der Waals surface area contributed by atoms with Gasteiger partial charge in [-0.2, -0.15) is 9.65 Å². The molecule has 6 rings (SSSR count). The van der Waals surface area contributed by atoms with E-state index in [0.29, 0.717) is 44.1 Å². The van der Waals surface area contributed by atoms with Gasteiger partial charge in [0.25, 0.3) is 0 Å². The molecule has 8 nitrogen and oxygen atoms in total. The number of hydrogen-bond donors (Lipinski definition) is 2. The lowest BCUT2D eigenvalue weighted by Crippen LogP contribution is -2.13. The molecular formula is C27H18Cl2F2N8. The molecule has 2 N–H and O–H groups in total. The van der Waals surface area contributed by atoms with Crippen LogP contribution in [0.3, 0.4) is 0 Å². The number of pyridine rings is 2. The second-order valence-electron chi connectivity index (χ2n) is 9.12. The van der Waals surface area contributed by atoms with Crippen molar-refractivity contribution in [1.29, 1.82) is 5.26 Å². The molecule has 0 amide bonds. The fraction of sp³-hybridized carbons (Fsp3) is 0.148. The van der Waals surface area contributed by atoms with Crippen molar-refractivity contribution < 1.29 is 8.78 Å². The first-order valence-corrected chi connectivity index (χ1v) is 12.7. The number of nitrogens with zero attached hydrogens (tertiary/aromatic N) is 6. The van der Waals surface area contributed by atoms with Gasteiger partial charge in [-0.15, -0.1) is 5.10 Å². The maximum Gasteiger partial charge on any atom is 0.249 e. The summed E-state index contributed by atoms with van der Waals surface area (Å²) in [6.07, 6.45) is 6.54. The summed E-state index contributed by atoms with van der Waals surface area (Å²) in [7, 11) is 0. The first kappa shape index (κ1) is 25.0. The van der Waals surface area contributed by atoms with Crippen molar-refractivity contribution in [1.82, 2.24) is 25.0 Å². The molecule has 1 atom stereocenters. The van der Waals surface area contributed by atoms with Crippen LogP contribution in [0.4, 0.5) is 25.8 Å². The number of anilines is 3. The smallest absolute Gasteiger partial charge is 0.249 e. The Morgan fingerprint density at radius 3 is 2.64 bits per heavy atom. The number of fused-ring (bicyclic) bond motifs is 1. The number of aromatic nitrogens is 5. The number of rotatable bonds is 7. The van der Waals surface area contributed by atoms with Gasteiger partial charge in [-0.1, -0.05) is 40.5 Å². The first-order valence-electron chi connectivity index (χ1n) is 11.9. The summed E-state index contributed by atoms with van der Waals surface area (Å²) in [4.78, 5) is 7.76. The predicted octanol–water partition coefficient (Wildman–Crippen LogP) is 6.96. The van der Waals surface area contributed by atoms with Crippen molar-refractivity contribution in [2.75, 3.05) is 10.6 Å². The number of benzene rings is 2. The third-order valence-corrected chi connectivity index (χ3v) is 6.87.